The zero-order valence-electron chi connectivity index (χ0n) is 15.4. The smallest absolute Gasteiger partial charge is 0.247 e. The van der Waals surface area contributed by atoms with Gasteiger partial charge in [-0.3, -0.25) is 9.69 Å². The van der Waals surface area contributed by atoms with Gasteiger partial charge in [-0.2, -0.15) is 0 Å². The molecule has 0 aliphatic rings. The van der Waals surface area contributed by atoms with Gasteiger partial charge in [0.25, 0.3) is 0 Å². The van der Waals surface area contributed by atoms with Gasteiger partial charge in [0.1, 0.15) is 0 Å². The molecule has 1 aromatic heterocycles. The third-order valence-electron chi connectivity index (χ3n) is 4.26. The summed E-state index contributed by atoms with van der Waals surface area (Å²) in [5, 5.41) is 11.7. The number of amides is 1. The predicted molar refractivity (Wildman–Crippen MR) is 106 cm³/mol. The third-order valence-corrected chi connectivity index (χ3v) is 4.49. The Balaban J connectivity index is 1.62. The molecule has 0 bridgehead atoms. The van der Waals surface area contributed by atoms with Crippen molar-refractivity contribution in [2.24, 2.45) is 0 Å². The molecule has 3 rings (SSSR count). The van der Waals surface area contributed by atoms with E-state index in [0.717, 1.165) is 16.8 Å². The fourth-order valence-electron chi connectivity index (χ4n) is 2.53. The van der Waals surface area contributed by atoms with Gasteiger partial charge in [-0.1, -0.05) is 35.4 Å². The van der Waals surface area contributed by atoms with Gasteiger partial charge in [0.05, 0.1) is 12.6 Å². The number of benzene rings is 2. The Labute approximate surface area is 163 Å². The summed E-state index contributed by atoms with van der Waals surface area (Å²) in [5.74, 6) is 0.732. The second kappa shape index (κ2) is 8.33. The number of nitrogens with one attached hydrogen (secondary N) is 1. The van der Waals surface area contributed by atoms with Gasteiger partial charge in [0.2, 0.25) is 17.7 Å². The number of carbonyl (C=O) groups excluding carboxylic acids is 1. The zero-order valence-corrected chi connectivity index (χ0v) is 16.2. The van der Waals surface area contributed by atoms with Crippen molar-refractivity contribution in [2.45, 2.75) is 19.9 Å². The molecule has 6 nitrogen and oxygen atoms in total. The van der Waals surface area contributed by atoms with E-state index in [0.29, 0.717) is 16.8 Å². The molecule has 3 aromatic rings. The van der Waals surface area contributed by atoms with E-state index in [-0.39, 0.29) is 18.5 Å². The van der Waals surface area contributed by atoms with Crippen LogP contribution < -0.4 is 5.32 Å². The van der Waals surface area contributed by atoms with Crippen molar-refractivity contribution in [1.29, 1.82) is 0 Å². The summed E-state index contributed by atoms with van der Waals surface area (Å²) in [7, 11) is 1.84. The minimum atomic E-state index is -0.214. The van der Waals surface area contributed by atoms with E-state index in [4.69, 9.17) is 16.0 Å². The Morgan fingerprint density at radius 1 is 1.22 bits per heavy atom. The minimum absolute atomic E-state index is 0.109. The van der Waals surface area contributed by atoms with E-state index < -0.39 is 0 Å². The fourth-order valence-corrected chi connectivity index (χ4v) is 2.72. The molecule has 1 atom stereocenters. The van der Waals surface area contributed by atoms with E-state index in [1.807, 2.05) is 62.2 Å². The van der Waals surface area contributed by atoms with E-state index in [9.17, 15) is 4.79 Å². The molecule has 0 aliphatic heterocycles. The van der Waals surface area contributed by atoms with Crippen LogP contribution in [0, 0.1) is 6.92 Å². The van der Waals surface area contributed by atoms with Crippen LogP contribution in [0.15, 0.2) is 52.9 Å². The van der Waals surface area contributed by atoms with Gasteiger partial charge in [-0.25, -0.2) is 0 Å². The number of carbonyl (C=O) groups is 1. The Morgan fingerprint density at radius 3 is 2.67 bits per heavy atom. The normalized spacial score (nSPS) is 12.2. The van der Waals surface area contributed by atoms with Gasteiger partial charge in [0.15, 0.2) is 0 Å². The Kier molecular flexibility index (Phi) is 5.88. The number of hydrogen-bond donors (Lipinski definition) is 1. The lowest BCUT2D eigenvalue weighted by Gasteiger charge is -2.21. The van der Waals surface area contributed by atoms with Crippen LogP contribution in [0.4, 0.5) is 5.69 Å². The summed E-state index contributed by atoms with van der Waals surface area (Å²) in [5.41, 5.74) is 2.67. The van der Waals surface area contributed by atoms with Crippen molar-refractivity contribution in [3.63, 3.8) is 0 Å². The molecule has 0 spiro atoms. The molecule has 0 fully saturated rings. The second-order valence-corrected chi connectivity index (χ2v) is 6.90. The van der Waals surface area contributed by atoms with Crippen LogP contribution >= 0.6 is 11.6 Å². The molecule has 1 N–H and O–H groups in total. The quantitative estimate of drug-likeness (QED) is 0.684. The molecular formula is C20H21ClN4O2. The lowest BCUT2D eigenvalue weighted by Crippen LogP contribution is -2.32. The number of likely N-dealkylation sites (N-methyl/N-ethyl adjacent to an activating group) is 1. The molecular weight excluding hydrogens is 364 g/mol. The van der Waals surface area contributed by atoms with Crippen LogP contribution in [0.1, 0.15) is 24.4 Å². The Bertz CT molecular complexity index is 924. The fraction of sp³-hybridized carbons (Fsp3) is 0.250. The number of hydrogen-bond acceptors (Lipinski definition) is 5. The molecule has 27 heavy (non-hydrogen) atoms. The number of aromatic nitrogens is 2. The van der Waals surface area contributed by atoms with E-state index in [2.05, 4.69) is 15.5 Å². The highest BCUT2D eigenvalue weighted by Gasteiger charge is 2.21. The molecule has 0 saturated heterocycles. The maximum Gasteiger partial charge on any atom is 0.247 e. The standard InChI is InChI=1S/C20H21ClN4O2/c1-13-7-9-17(10-8-13)22-18(26)12-25(3)14(2)19-23-24-20(27-19)15-5-4-6-16(21)11-15/h4-11,14H,12H2,1-3H3,(H,22,26)/t14-/m0/s1. The Morgan fingerprint density at radius 2 is 1.96 bits per heavy atom. The summed E-state index contributed by atoms with van der Waals surface area (Å²) in [6.07, 6.45) is 0. The monoisotopic (exact) mass is 384 g/mol. The van der Waals surface area contributed by atoms with Crippen molar-refractivity contribution in [1.82, 2.24) is 15.1 Å². The van der Waals surface area contributed by atoms with Crippen LogP contribution in [-0.4, -0.2) is 34.6 Å². The minimum Gasteiger partial charge on any atom is -0.419 e. The van der Waals surface area contributed by atoms with Crippen molar-refractivity contribution < 1.29 is 9.21 Å². The zero-order chi connectivity index (χ0) is 19.4. The van der Waals surface area contributed by atoms with Crippen molar-refractivity contribution in [3.8, 4) is 11.5 Å². The highest BCUT2D eigenvalue weighted by Crippen LogP contribution is 2.25. The van der Waals surface area contributed by atoms with Crippen molar-refractivity contribution in [2.75, 3.05) is 18.9 Å². The SMILES string of the molecule is Cc1ccc(NC(=O)CN(C)[C@@H](C)c2nnc(-c3cccc(Cl)c3)o2)cc1. The van der Waals surface area contributed by atoms with Crippen molar-refractivity contribution in [3.05, 3.63) is 65.0 Å². The van der Waals surface area contributed by atoms with Crippen LogP contribution in [0.5, 0.6) is 0 Å². The van der Waals surface area contributed by atoms with Crippen molar-refractivity contribution >= 4 is 23.2 Å². The third kappa shape index (κ3) is 4.93. The molecule has 1 heterocycles. The van der Waals surface area contributed by atoms with Gasteiger partial charge >= 0.3 is 0 Å². The summed E-state index contributed by atoms with van der Waals surface area (Å²) in [6.45, 7) is 4.11. The van der Waals surface area contributed by atoms with Crippen LogP contribution in [0.25, 0.3) is 11.5 Å². The second-order valence-electron chi connectivity index (χ2n) is 6.46. The number of anilines is 1. The first kappa shape index (κ1) is 19.1. The summed E-state index contributed by atoms with van der Waals surface area (Å²) >= 11 is 6.00. The molecule has 0 radical (unpaired) electrons. The number of nitrogens with zero attached hydrogens (tertiary/aromatic N) is 3. The molecule has 140 valence electrons. The first-order valence-electron chi connectivity index (χ1n) is 8.58. The summed E-state index contributed by atoms with van der Waals surface area (Å²) in [4.78, 5) is 14.1. The largest absolute Gasteiger partial charge is 0.419 e. The summed E-state index contributed by atoms with van der Waals surface area (Å²) < 4.78 is 5.77. The van der Waals surface area contributed by atoms with Crippen LogP contribution in [-0.2, 0) is 4.79 Å². The van der Waals surface area contributed by atoms with Crippen LogP contribution in [0.3, 0.4) is 0 Å². The number of rotatable bonds is 6. The van der Waals surface area contributed by atoms with E-state index in [1.165, 1.54) is 0 Å². The lowest BCUT2D eigenvalue weighted by molar-refractivity contribution is -0.117. The topological polar surface area (TPSA) is 71.3 Å². The highest BCUT2D eigenvalue weighted by atomic mass is 35.5. The molecule has 2 aromatic carbocycles. The maximum absolute atomic E-state index is 12.3. The molecule has 1 amide bonds. The molecule has 0 aliphatic carbocycles. The Hall–Kier alpha value is -2.70. The number of aryl methyl sites for hydroxylation is 1. The average molecular weight is 385 g/mol. The van der Waals surface area contributed by atoms with Crippen LogP contribution in [0.2, 0.25) is 5.02 Å². The van der Waals surface area contributed by atoms with E-state index >= 15 is 0 Å². The summed E-state index contributed by atoms with van der Waals surface area (Å²) in [6, 6.07) is 14.7. The van der Waals surface area contributed by atoms with Gasteiger partial charge in [0, 0.05) is 16.3 Å². The predicted octanol–water partition coefficient (Wildman–Crippen LogP) is 4.33. The first-order chi connectivity index (χ1) is 12.9. The molecule has 7 heteroatoms. The first-order valence-corrected chi connectivity index (χ1v) is 8.96. The number of halogens is 1. The average Bonchev–Trinajstić information content (AvgIpc) is 3.13. The van der Waals surface area contributed by atoms with Gasteiger partial charge < -0.3 is 9.73 Å². The van der Waals surface area contributed by atoms with Gasteiger partial charge in [-0.15, -0.1) is 10.2 Å². The lowest BCUT2D eigenvalue weighted by atomic mass is 10.2. The maximum atomic E-state index is 12.3. The molecule has 0 unspecified atom stereocenters. The van der Waals surface area contributed by atoms with Gasteiger partial charge in [-0.05, 0) is 51.2 Å². The van der Waals surface area contributed by atoms with E-state index in [1.54, 1.807) is 12.1 Å². The highest BCUT2D eigenvalue weighted by molar-refractivity contribution is 6.30. The molecule has 0 saturated carbocycles.